The fraction of sp³-hybridized carbons (Fsp3) is 0.238. The Labute approximate surface area is 177 Å². The van der Waals surface area contributed by atoms with E-state index >= 15 is 0 Å². The fourth-order valence-electron chi connectivity index (χ4n) is 2.76. The van der Waals surface area contributed by atoms with Gasteiger partial charge in [0.2, 0.25) is 5.88 Å². The number of benzene rings is 2. The summed E-state index contributed by atoms with van der Waals surface area (Å²) in [5, 5.41) is 4.19. The molecule has 170 valence electrons. The predicted octanol–water partition coefficient (Wildman–Crippen LogP) is 6.39. The Balaban J connectivity index is 2.05. The van der Waals surface area contributed by atoms with Crippen LogP contribution in [-0.4, -0.2) is 15.7 Å². The van der Waals surface area contributed by atoms with Gasteiger partial charge in [-0.05, 0) is 42.3 Å². The third-order valence-electron chi connectivity index (χ3n) is 4.36. The van der Waals surface area contributed by atoms with Crippen LogP contribution in [0.25, 0.3) is 5.69 Å². The van der Waals surface area contributed by atoms with Crippen molar-refractivity contribution in [1.29, 1.82) is 0 Å². The van der Waals surface area contributed by atoms with Crippen LogP contribution in [0.5, 0.6) is 5.88 Å². The van der Waals surface area contributed by atoms with E-state index < -0.39 is 40.8 Å². The fourth-order valence-corrected chi connectivity index (χ4v) is 2.76. The minimum Gasteiger partial charge on any atom is -0.404 e. The summed E-state index contributed by atoms with van der Waals surface area (Å²) < 4.78 is 98.2. The van der Waals surface area contributed by atoms with Crippen LogP contribution in [0.1, 0.15) is 46.9 Å². The molecule has 2 aromatic carbocycles. The van der Waals surface area contributed by atoms with Gasteiger partial charge in [-0.25, -0.2) is 13.9 Å². The summed E-state index contributed by atoms with van der Waals surface area (Å²) in [4.78, 5) is 12.5. The lowest BCUT2D eigenvalue weighted by molar-refractivity contribution is -0.143. The average molecular weight is 460 g/mol. The molecule has 4 nitrogen and oxygen atoms in total. The number of aromatic nitrogens is 2. The van der Waals surface area contributed by atoms with E-state index in [0.29, 0.717) is 5.69 Å². The van der Waals surface area contributed by atoms with E-state index in [0.717, 1.165) is 16.8 Å². The first kappa shape index (κ1) is 23.3. The van der Waals surface area contributed by atoms with E-state index in [4.69, 9.17) is 4.74 Å². The van der Waals surface area contributed by atoms with Crippen LogP contribution in [0, 0.1) is 5.82 Å². The van der Waals surface area contributed by atoms with Gasteiger partial charge in [-0.2, -0.15) is 31.4 Å². The summed E-state index contributed by atoms with van der Waals surface area (Å²) in [6, 6.07) is 6.76. The van der Waals surface area contributed by atoms with Gasteiger partial charge in [0.1, 0.15) is 5.82 Å². The van der Waals surface area contributed by atoms with Crippen molar-refractivity contribution in [3.05, 3.63) is 76.7 Å². The maximum Gasteiger partial charge on any atom is 0.416 e. The van der Waals surface area contributed by atoms with E-state index in [2.05, 4.69) is 5.10 Å². The van der Waals surface area contributed by atoms with E-state index in [9.17, 15) is 35.5 Å². The number of carbonyl (C=O) groups is 1. The van der Waals surface area contributed by atoms with Crippen molar-refractivity contribution in [1.82, 2.24) is 9.78 Å². The SMILES string of the molecule is CC(C)c1cc(OC(=O)c2cc(C(F)(F)F)cc(C(F)(F)F)c2)n(-c2cccc(F)c2)n1. The lowest BCUT2D eigenvalue weighted by Crippen LogP contribution is -2.16. The van der Waals surface area contributed by atoms with Crippen molar-refractivity contribution >= 4 is 5.97 Å². The number of carbonyl (C=O) groups excluding carboxylic acids is 1. The molecule has 0 unspecified atom stereocenters. The second-order valence-corrected chi connectivity index (χ2v) is 7.14. The molecule has 0 spiro atoms. The molecule has 11 heteroatoms. The highest BCUT2D eigenvalue weighted by atomic mass is 19.4. The second-order valence-electron chi connectivity index (χ2n) is 7.14. The number of nitrogens with zero attached hydrogens (tertiary/aromatic N) is 2. The van der Waals surface area contributed by atoms with Crippen molar-refractivity contribution in [3.63, 3.8) is 0 Å². The number of halogens is 7. The molecule has 0 fully saturated rings. The molecule has 0 radical (unpaired) electrons. The first-order valence-corrected chi connectivity index (χ1v) is 9.13. The number of esters is 1. The highest BCUT2D eigenvalue weighted by molar-refractivity contribution is 5.91. The molecule has 3 aromatic rings. The van der Waals surface area contributed by atoms with E-state index in [1.165, 1.54) is 18.2 Å². The van der Waals surface area contributed by atoms with Crippen LogP contribution in [0.3, 0.4) is 0 Å². The van der Waals surface area contributed by atoms with Gasteiger partial charge in [0.25, 0.3) is 0 Å². The lowest BCUT2D eigenvalue weighted by Gasteiger charge is -2.14. The van der Waals surface area contributed by atoms with Crippen molar-refractivity contribution in [3.8, 4) is 11.6 Å². The van der Waals surface area contributed by atoms with Gasteiger partial charge < -0.3 is 4.74 Å². The zero-order valence-corrected chi connectivity index (χ0v) is 16.6. The van der Waals surface area contributed by atoms with Crippen LogP contribution in [0.2, 0.25) is 0 Å². The number of rotatable bonds is 4. The molecule has 0 bridgehead atoms. The highest BCUT2D eigenvalue weighted by Gasteiger charge is 2.38. The van der Waals surface area contributed by atoms with Crippen molar-refractivity contribution in [2.45, 2.75) is 32.1 Å². The van der Waals surface area contributed by atoms with Crippen molar-refractivity contribution in [2.24, 2.45) is 0 Å². The Morgan fingerprint density at radius 2 is 1.53 bits per heavy atom. The first-order valence-electron chi connectivity index (χ1n) is 9.13. The van der Waals surface area contributed by atoms with Crippen LogP contribution >= 0.6 is 0 Å². The summed E-state index contributed by atoms with van der Waals surface area (Å²) in [6.07, 6.45) is -10.2. The Hall–Kier alpha value is -3.37. The summed E-state index contributed by atoms with van der Waals surface area (Å²) in [6.45, 7) is 3.51. The molecule has 0 aliphatic rings. The van der Waals surface area contributed by atoms with Crippen molar-refractivity contribution < 1.29 is 40.3 Å². The van der Waals surface area contributed by atoms with Crippen LogP contribution in [0.15, 0.2) is 48.5 Å². The van der Waals surface area contributed by atoms with Gasteiger partial charge in [-0.1, -0.05) is 19.9 Å². The molecule has 0 aliphatic carbocycles. The highest BCUT2D eigenvalue weighted by Crippen LogP contribution is 2.36. The third kappa shape index (κ3) is 5.09. The van der Waals surface area contributed by atoms with Crippen molar-refractivity contribution in [2.75, 3.05) is 0 Å². The molecule has 0 saturated carbocycles. The average Bonchev–Trinajstić information content (AvgIpc) is 3.10. The van der Waals surface area contributed by atoms with Crippen LogP contribution < -0.4 is 4.74 Å². The molecule has 0 N–H and O–H groups in total. The van der Waals surface area contributed by atoms with E-state index in [-0.39, 0.29) is 35.7 Å². The number of hydrogen-bond acceptors (Lipinski definition) is 3. The normalized spacial score (nSPS) is 12.3. The maximum absolute atomic E-state index is 13.6. The molecule has 0 saturated heterocycles. The Kier molecular flexibility index (Phi) is 6.03. The summed E-state index contributed by atoms with van der Waals surface area (Å²) in [7, 11) is 0. The molecule has 0 aliphatic heterocycles. The van der Waals surface area contributed by atoms with Gasteiger partial charge in [0, 0.05) is 6.07 Å². The Morgan fingerprint density at radius 1 is 0.938 bits per heavy atom. The van der Waals surface area contributed by atoms with E-state index in [1.807, 2.05) is 0 Å². The Bertz CT molecular complexity index is 1120. The summed E-state index contributed by atoms with van der Waals surface area (Å²) >= 11 is 0. The minimum absolute atomic E-state index is 0.0926. The maximum atomic E-state index is 13.6. The number of hydrogen-bond donors (Lipinski definition) is 0. The van der Waals surface area contributed by atoms with Gasteiger partial charge in [-0.15, -0.1) is 0 Å². The molecule has 32 heavy (non-hydrogen) atoms. The third-order valence-corrected chi connectivity index (χ3v) is 4.36. The second kappa shape index (κ2) is 8.29. The molecular formula is C21H15F7N2O2. The molecular weight excluding hydrogens is 445 g/mol. The first-order chi connectivity index (χ1) is 14.8. The molecule has 3 rings (SSSR count). The van der Waals surface area contributed by atoms with Crippen LogP contribution in [0.4, 0.5) is 30.7 Å². The molecule has 0 atom stereocenters. The standard InChI is InChI=1S/C21H15F7N2O2/c1-11(2)17-10-18(30(29-17)16-5-3-4-15(22)9-16)32-19(31)12-6-13(20(23,24)25)8-14(7-12)21(26,27)28/h3-11H,1-2H3. The van der Waals surface area contributed by atoms with Gasteiger partial charge in [0.15, 0.2) is 0 Å². The van der Waals surface area contributed by atoms with Gasteiger partial charge in [0.05, 0.1) is 28.1 Å². The van der Waals surface area contributed by atoms with Gasteiger partial charge in [-0.3, -0.25) is 0 Å². The Morgan fingerprint density at radius 3 is 2.03 bits per heavy atom. The van der Waals surface area contributed by atoms with Crippen LogP contribution in [-0.2, 0) is 12.4 Å². The zero-order valence-electron chi connectivity index (χ0n) is 16.6. The molecule has 0 amide bonds. The lowest BCUT2D eigenvalue weighted by atomic mass is 10.0. The summed E-state index contributed by atoms with van der Waals surface area (Å²) in [5.41, 5.74) is -3.72. The van der Waals surface area contributed by atoms with Gasteiger partial charge >= 0.3 is 18.3 Å². The summed E-state index contributed by atoms with van der Waals surface area (Å²) in [5.74, 6) is -2.56. The minimum atomic E-state index is -5.12. The number of ether oxygens (including phenoxy) is 1. The smallest absolute Gasteiger partial charge is 0.404 e. The molecule has 1 aromatic heterocycles. The molecule has 1 heterocycles. The van der Waals surface area contributed by atoms with E-state index in [1.54, 1.807) is 13.8 Å². The monoisotopic (exact) mass is 460 g/mol. The zero-order chi connectivity index (χ0) is 23.8. The number of alkyl halides is 6. The quantitative estimate of drug-likeness (QED) is 0.335. The predicted molar refractivity (Wildman–Crippen MR) is 99.0 cm³/mol. The largest absolute Gasteiger partial charge is 0.416 e. The topological polar surface area (TPSA) is 44.1 Å².